The Morgan fingerprint density at radius 1 is 0.829 bits per heavy atom. The van der Waals surface area contributed by atoms with E-state index in [1.54, 1.807) is 67.6 Å². The Hall–Kier alpha value is -4.46. The van der Waals surface area contributed by atoms with Crippen LogP contribution in [0.4, 0.5) is 5.69 Å². The van der Waals surface area contributed by atoms with E-state index in [-0.39, 0.29) is 33.9 Å². The lowest BCUT2D eigenvalue weighted by atomic mass is 9.83. The lowest BCUT2D eigenvalue weighted by Crippen LogP contribution is -2.46. The number of ether oxygens (including phenoxy) is 3. The minimum Gasteiger partial charge on any atom is -0.482 e. The van der Waals surface area contributed by atoms with Crippen molar-refractivity contribution >= 4 is 29.1 Å². The number of carbonyl (C=O) groups is 4. The first kappa shape index (κ1) is 22.3. The molecule has 1 heterocycles. The monoisotopic (exact) mass is 471 g/mol. The van der Waals surface area contributed by atoms with Crippen molar-refractivity contribution in [2.45, 2.75) is 32.2 Å². The number of hydrogen-bond donors (Lipinski definition) is 1. The van der Waals surface area contributed by atoms with Gasteiger partial charge in [0.1, 0.15) is 6.10 Å². The number of rotatable bonds is 4. The molecule has 1 amide bonds. The number of hydrogen-bond acceptors (Lipinski definition) is 7. The highest BCUT2D eigenvalue weighted by Crippen LogP contribution is 2.34. The summed E-state index contributed by atoms with van der Waals surface area (Å²) in [4.78, 5) is 51.7. The van der Waals surface area contributed by atoms with Gasteiger partial charge in [-0.05, 0) is 32.0 Å². The van der Waals surface area contributed by atoms with Crippen molar-refractivity contribution in [1.29, 1.82) is 0 Å². The highest BCUT2D eigenvalue weighted by Gasteiger charge is 2.37. The van der Waals surface area contributed by atoms with Gasteiger partial charge in [-0.25, -0.2) is 4.79 Å². The van der Waals surface area contributed by atoms with E-state index in [2.05, 4.69) is 5.32 Å². The number of esters is 1. The fraction of sp³-hybridized carbons (Fsp3) is 0.185. The minimum atomic E-state index is -1.20. The van der Waals surface area contributed by atoms with E-state index in [1.165, 1.54) is 13.0 Å². The van der Waals surface area contributed by atoms with Gasteiger partial charge in [0.05, 0.1) is 11.3 Å². The molecule has 0 saturated heterocycles. The fourth-order valence-corrected chi connectivity index (χ4v) is 4.16. The topological polar surface area (TPSA) is 108 Å². The highest BCUT2D eigenvalue weighted by atomic mass is 16.6. The van der Waals surface area contributed by atoms with Gasteiger partial charge in [0.25, 0.3) is 5.91 Å². The molecule has 8 nitrogen and oxygen atoms in total. The Morgan fingerprint density at radius 3 is 2.14 bits per heavy atom. The number of benzene rings is 3. The average molecular weight is 471 g/mol. The van der Waals surface area contributed by atoms with Crippen molar-refractivity contribution in [3.05, 3.63) is 89.0 Å². The first-order valence-electron chi connectivity index (χ1n) is 11.1. The number of amides is 1. The lowest BCUT2D eigenvalue weighted by molar-refractivity contribution is -0.165. The number of fused-ring (bicyclic) bond motifs is 3. The van der Waals surface area contributed by atoms with Crippen molar-refractivity contribution in [2.75, 3.05) is 5.32 Å². The molecule has 2 aliphatic rings. The van der Waals surface area contributed by atoms with E-state index in [4.69, 9.17) is 14.2 Å². The maximum Gasteiger partial charge on any atom is 0.352 e. The molecule has 0 saturated carbocycles. The third-order valence-electron chi connectivity index (χ3n) is 5.95. The molecule has 3 aromatic rings. The zero-order valence-electron chi connectivity index (χ0n) is 18.9. The summed E-state index contributed by atoms with van der Waals surface area (Å²) in [5, 5.41) is 2.63. The third kappa shape index (κ3) is 3.93. The zero-order chi connectivity index (χ0) is 24.7. The van der Waals surface area contributed by atoms with Crippen LogP contribution in [-0.4, -0.2) is 41.8 Å². The summed E-state index contributed by atoms with van der Waals surface area (Å²) in [5.41, 5.74) is 1.08. The minimum absolute atomic E-state index is 0.109. The van der Waals surface area contributed by atoms with Crippen LogP contribution in [0.15, 0.2) is 66.7 Å². The number of para-hydroxylation sites is 2. The lowest BCUT2D eigenvalue weighted by Gasteiger charge is -2.31. The van der Waals surface area contributed by atoms with E-state index in [0.29, 0.717) is 17.1 Å². The molecule has 1 aliphatic heterocycles. The molecule has 176 valence electrons. The van der Waals surface area contributed by atoms with Crippen molar-refractivity contribution < 1.29 is 33.4 Å². The summed E-state index contributed by atoms with van der Waals surface area (Å²) in [6, 6.07) is 18.1. The van der Waals surface area contributed by atoms with Crippen molar-refractivity contribution in [2.24, 2.45) is 0 Å². The van der Waals surface area contributed by atoms with Gasteiger partial charge in [0.15, 0.2) is 29.2 Å². The van der Waals surface area contributed by atoms with Crippen LogP contribution in [0.5, 0.6) is 11.5 Å². The van der Waals surface area contributed by atoms with Crippen LogP contribution in [0.1, 0.15) is 45.7 Å². The summed E-state index contributed by atoms with van der Waals surface area (Å²) in [6.45, 7) is 3.08. The van der Waals surface area contributed by atoms with E-state index in [9.17, 15) is 19.2 Å². The molecule has 3 atom stereocenters. The zero-order valence-corrected chi connectivity index (χ0v) is 18.9. The summed E-state index contributed by atoms with van der Waals surface area (Å²) < 4.78 is 16.8. The molecule has 8 heteroatoms. The molecule has 0 aromatic heterocycles. The Kier molecular flexibility index (Phi) is 5.56. The molecule has 0 fully saturated rings. The van der Waals surface area contributed by atoms with Crippen molar-refractivity contribution in [3.8, 4) is 11.5 Å². The Morgan fingerprint density at radius 2 is 1.43 bits per heavy atom. The first-order chi connectivity index (χ1) is 16.8. The second-order valence-corrected chi connectivity index (χ2v) is 8.31. The van der Waals surface area contributed by atoms with E-state index < -0.39 is 30.2 Å². The molecular weight excluding hydrogens is 450 g/mol. The molecule has 35 heavy (non-hydrogen) atoms. The smallest absolute Gasteiger partial charge is 0.352 e. The van der Waals surface area contributed by atoms with Gasteiger partial charge in [-0.3, -0.25) is 14.4 Å². The molecule has 3 aromatic carbocycles. The Labute approximate surface area is 200 Å². The van der Waals surface area contributed by atoms with Crippen LogP contribution in [0, 0.1) is 0 Å². The predicted molar refractivity (Wildman–Crippen MR) is 125 cm³/mol. The number of anilines is 1. The molecule has 0 bridgehead atoms. The summed E-state index contributed by atoms with van der Waals surface area (Å²) >= 11 is 0. The molecule has 1 aliphatic carbocycles. The van der Waals surface area contributed by atoms with Crippen molar-refractivity contribution in [3.63, 3.8) is 0 Å². The van der Waals surface area contributed by atoms with Gasteiger partial charge in [-0.15, -0.1) is 0 Å². The van der Waals surface area contributed by atoms with Crippen LogP contribution < -0.4 is 14.8 Å². The number of nitrogens with one attached hydrogen (secondary N) is 1. The van der Waals surface area contributed by atoms with E-state index in [1.807, 2.05) is 0 Å². The van der Waals surface area contributed by atoms with E-state index in [0.717, 1.165) is 0 Å². The molecule has 3 unspecified atom stereocenters. The number of ketones is 2. The van der Waals surface area contributed by atoms with Crippen LogP contribution in [-0.2, 0) is 14.3 Å². The van der Waals surface area contributed by atoms with Gasteiger partial charge in [-0.2, -0.15) is 0 Å². The Balaban J connectivity index is 1.32. The van der Waals surface area contributed by atoms with E-state index >= 15 is 0 Å². The van der Waals surface area contributed by atoms with Crippen LogP contribution >= 0.6 is 0 Å². The molecule has 0 radical (unpaired) electrons. The summed E-state index contributed by atoms with van der Waals surface area (Å²) in [6.07, 6.45) is -2.88. The quantitative estimate of drug-likeness (QED) is 0.454. The standard InChI is InChI=1S/C27H21NO7/c1-14-25(35-21-13-6-5-12-20(21)33-14)27(32)34-15(2)26(31)28-19-11-7-10-18-22(19)24(30)17-9-4-3-8-16(17)23(18)29/h3-15,25H,1-2H3,(H,28,31). The third-order valence-corrected chi connectivity index (χ3v) is 5.95. The number of carbonyl (C=O) groups excluding carboxylic acids is 4. The maximum atomic E-state index is 13.1. The van der Waals surface area contributed by atoms with Gasteiger partial charge in [0.2, 0.25) is 6.10 Å². The van der Waals surface area contributed by atoms with Gasteiger partial charge in [-0.1, -0.05) is 48.5 Å². The first-order valence-corrected chi connectivity index (χ1v) is 11.1. The van der Waals surface area contributed by atoms with Gasteiger partial charge < -0.3 is 19.5 Å². The predicted octanol–water partition coefficient (Wildman–Crippen LogP) is 3.56. The SMILES string of the molecule is CC(OC(=O)C1Oc2ccccc2OC1C)C(=O)Nc1cccc2c1C(=O)c1ccccc1C2=O. The van der Waals surface area contributed by atoms with Crippen LogP contribution in [0.2, 0.25) is 0 Å². The normalized spacial score (nSPS) is 18.7. The fourth-order valence-electron chi connectivity index (χ4n) is 4.16. The second-order valence-electron chi connectivity index (χ2n) is 8.31. The van der Waals surface area contributed by atoms with Crippen molar-refractivity contribution in [1.82, 2.24) is 0 Å². The van der Waals surface area contributed by atoms with Crippen LogP contribution in [0.25, 0.3) is 0 Å². The Bertz CT molecular complexity index is 1380. The summed E-state index contributed by atoms with van der Waals surface area (Å²) in [5.74, 6) is -1.15. The van der Waals surface area contributed by atoms with Gasteiger partial charge >= 0.3 is 5.97 Å². The molecule has 5 rings (SSSR count). The average Bonchev–Trinajstić information content (AvgIpc) is 2.86. The summed E-state index contributed by atoms with van der Waals surface area (Å²) in [7, 11) is 0. The molecule has 1 N–H and O–H groups in total. The molecular formula is C27H21NO7. The second kappa shape index (κ2) is 8.72. The molecule has 0 spiro atoms. The largest absolute Gasteiger partial charge is 0.482 e. The van der Waals surface area contributed by atoms with Crippen LogP contribution in [0.3, 0.4) is 0 Å². The van der Waals surface area contributed by atoms with Gasteiger partial charge in [0, 0.05) is 16.7 Å². The highest BCUT2D eigenvalue weighted by molar-refractivity contribution is 6.30. The maximum absolute atomic E-state index is 13.1.